The Labute approximate surface area is 166 Å². The third-order valence-corrected chi connectivity index (χ3v) is 4.90. The first-order chi connectivity index (χ1) is 13.7. The van der Waals surface area contributed by atoms with Crippen molar-refractivity contribution in [2.75, 3.05) is 11.1 Å². The molecule has 28 heavy (non-hydrogen) atoms. The number of aryl methyl sites for hydroxylation is 1. The maximum Gasteiger partial charge on any atom is 0.236 e. The van der Waals surface area contributed by atoms with Gasteiger partial charge in [-0.15, -0.1) is 0 Å². The fourth-order valence-electron chi connectivity index (χ4n) is 2.78. The van der Waals surface area contributed by atoms with Gasteiger partial charge in [0.05, 0.1) is 17.1 Å². The van der Waals surface area contributed by atoms with Crippen LogP contribution in [0.3, 0.4) is 0 Å². The SMILES string of the molecule is Cc1cc(NC(=O)CSc2nc(-c3ccccc3)c(-c3ccccc3)[nH]2)no1. The Morgan fingerprint density at radius 1 is 1.07 bits per heavy atom. The van der Waals surface area contributed by atoms with Gasteiger partial charge in [-0.3, -0.25) is 4.79 Å². The first-order valence-corrected chi connectivity index (χ1v) is 9.74. The summed E-state index contributed by atoms with van der Waals surface area (Å²) in [6.07, 6.45) is 0. The molecule has 1 amide bonds. The molecule has 0 saturated heterocycles. The summed E-state index contributed by atoms with van der Waals surface area (Å²) in [4.78, 5) is 20.3. The first kappa shape index (κ1) is 18.1. The van der Waals surface area contributed by atoms with Crippen LogP contribution in [0.25, 0.3) is 22.5 Å². The molecule has 4 rings (SSSR count). The summed E-state index contributed by atoms with van der Waals surface area (Å²) in [5.74, 6) is 1.10. The van der Waals surface area contributed by atoms with E-state index in [4.69, 9.17) is 9.51 Å². The lowest BCUT2D eigenvalue weighted by molar-refractivity contribution is -0.113. The van der Waals surface area contributed by atoms with Gasteiger partial charge >= 0.3 is 0 Å². The van der Waals surface area contributed by atoms with Crippen molar-refractivity contribution in [1.82, 2.24) is 15.1 Å². The highest BCUT2D eigenvalue weighted by atomic mass is 32.2. The molecule has 4 aromatic rings. The fourth-order valence-corrected chi connectivity index (χ4v) is 3.45. The van der Waals surface area contributed by atoms with Crippen LogP contribution in [-0.4, -0.2) is 26.8 Å². The van der Waals surface area contributed by atoms with E-state index in [-0.39, 0.29) is 11.7 Å². The van der Waals surface area contributed by atoms with Crippen molar-refractivity contribution in [1.29, 1.82) is 0 Å². The maximum absolute atomic E-state index is 12.2. The Morgan fingerprint density at radius 3 is 2.39 bits per heavy atom. The van der Waals surface area contributed by atoms with Crippen molar-refractivity contribution in [3.63, 3.8) is 0 Å². The van der Waals surface area contributed by atoms with Gasteiger partial charge in [-0.1, -0.05) is 77.6 Å². The van der Waals surface area contributed by atoms with E-state index < -0.39 is 0 Å². The zero-order valence-corrected chi connectivity index (χ0v) is 16.0. The largest absolute Gasteiger partial charge is 0.360 e. The summed E-state index contributed by atoms with van der Waals surface area (Å²) in [7, 11) is 0. The highest BCUT2D eigenvalue weighted by Gasteiger charge is 2.15. The number of aromatic amines is 1. The molecule has 0 spiro atoms. The molecule has 0 atom stereocenters. The number of carbonyl (C=O) groups is 1. The van der Waals surface area contributed by atoms with E-state index in [0.29, 0.717) is 16.7 Å². The third-order valence-electron chi connectivity index (χ3n) is 4.03. The van der Waals surface area contributed by atoms with Crippen LogP contribution in [0.4, 0.5) is 5.82 Å². The molecule has 140 valence electrons. The van der Waals surface area contributed by atoms with Gasteiger partial charge in [0, 0.05) is 17.2 Å². The predicted molar refractivity (Wildman–Crippen MR) is 110 cm³/mol. The second kappa shape index (κ2) is 8.14. The number of benzene rings is 2. The quantitative estimate of drug-likeness (QED) is 0.463. The molecule has 2 aromatic heterocycles. The zero-order chi connectivity index (χ0) is 19.3. The van der Waals surface area contributed by atoms with Crippen molar-refractivity contribution in [2.24, 2.45) is 0 Å². The third kappa shape index (κ3) is 4.15. The number of thioether (sulfide) groups is 1. The summed E-state index contributed by atoms with van der Waals surface area (Å²) in [6, 6.07) is 21.7. The van der Waals surface area contributed by atoms with Crippen LogP contribution < -0.4 is 5.32 Å². The molecule has 0 radical (unpaired) electrons. The van der Waals surface area contributed by atoms with E-state index >= 15 is 0 Å². The first-order valence-electron chi connectivity index (χ1n) is 8.76. The Morgan fingerprint density at radius 2 is 1.75 bits per heavy atom. The van der Waals surface area contributed by atoms with E-state index in [1.807, 2.05) is 60.7 Å². The number of carbonyl (C=O) groups excluding carboxylic acids is 1. The van der Waals surface area contributed by atoms with Gasteiger partial charge in [0.15, 0.2) is 11.0 Å². The number of aromatic nitrogens is 3. The second-order valence-corrected chi connectivity index (χ2v) is 7.12. The van der Waals surface area contributed by atoms with E-state index in [1.54, 1.807) is 13.0 Å². The molecule has 0 unspecified atom stereocenters. The molecule has 0 fully saturated rings. The normalized spacial score (nSPS) is 10.8. The predicted octanol–water partition coefficient (Wildman–Crippen LogP) is 4.77. The number of amides is 1. The van der Waals surface area contributed by atoms with Crippen LogP contribution in [0.1, 0.15) is 5.76 Å². The van der Waals surface area contributed by atoms with Crippen LogP contribution in [0.15, 0.2) is 76.4 Å². The second-order valence-electron chi connectivity index (χ2n) is 6.16. The van der Waals surface area contributed by atoms with Crippen molar-refractivity contribution >= 4 is 23.5 Å². The summed E-state index contributed by atoms with van der Waals surface area (Å²) < 4.78 is 4.96. The zero-order valence-electron chi connectivity index (χ0n) is 15.2. The number of hydrogen-bond acceptors (Lipinski definition) is 5. The van der Waals surface area contributed by atoms with E-state index in [2.05, 4.69) is 15.5 Å². The summed E-state index contributed by atoms with van der Waals surface area (Å²) in [6.45, 7) is 1.77. The van der Waals surface area contributed by atoms with Crippen molar-refractivity contribution in [3.8, 4) is 22.5 Å². The molecule has 0 bridgehead atoms. The molecule has 0 aliphatic rings. The fraction of sp³-hybridized carbons (Fsp3) is 0.0952. The van der Waals surface area contributed by atoms with Crippen LogP contribution >= 0.6 is 11.8 Å². The van der Waals surface area contributed by atoms with Gasteiger partial charge in [-0.2, -0.15) is 0 Å². The van der Waals surface area contributed by atoms with Gasteiger partial charge in [0.2, 0.25) is 5.91 Å². The lowest BCUT2D eigenvalue weighted by Crippen LogP contribution is -2.14. The Kier molecular flexibility index (Phi) is 5.25. The smallest absolute Gasteiger partial charge is 0.236 e. The van der Waals surface area contributed by atoms with Crippen LogP contribution in [0.5, 0.6) is 0 Å². The molecule has 2 aromatic carbocycles. The molecule has 0 aliphatic carbocycles. The minimum absolute atomic E-state index is 0.169. The van der Waals surface area contributed by atoms with E-state index in [9.17, 15) is 4.79 Å². The van der Waals surface area contributed by atoms with Crippen LogP contribution in [-0.2, 0) is 4.79 Å². The van der Waals surface area contributed by atoms with Gasteiger partial charge < -0.3 is 14.8 Å². The standard InChI is InChI=1S/C21H18N4O2S/c1-14-12-17(25-27-14)22-18(26)13-28-21-23-19(15-8-4-2-5-9-15)20(24-21)16-10-6-3-7-11-16/h2-12H,13H2,1H3,(H,23,24)(H,22,25,26). The lowest BCUT2D eigenvalue weighted by atomic mass is 10.1. The monoisotopic (exact) mass is 390 g/mol. The molecule has 2 N–H and O–H groups in total. The molecular weight excluding hydrogens is 372 g/mol. The number of nitrogens with one attached hydrogen (secondary N) is 2. The molecule has 0 saturated carbocycles. The van der Waals surface area contributed by atoms with Crippen molar-refractivity contribution in [3.05, 3.63) is 72.5 Å². The number of hydrogen-bond donors (Lipinski definition) is 2. The molecular formula is C21H18N4O2S. The number of anilines is 1. The number of imidazole rings is 1. The van der Waals surface area contributed by atoms with E-state index in [1.165, 1.54) is 11.8 Å². The number of rotatable bonds is 6. The topological polar surface area (TPSA) is 83.8 Å². The molecule has 6 nitrogen and oxygen atoms in total. The number of nitrogens with zero attached hydrogens (tertiary/aromatic N) is 2. The Hall–Kier alpha value is -3.32. The summed E-state index contributed by atoms with van der Waals surface area (Å²) in [5.41, 5.74) is 3.86. The van der Waals surface area contributed by atoms with Gasteiger partial charge in [-0.05, 0) is 6.92 Å². The average molecular weight is 390 g/mol. The van der Waals surface area contributed by atoms with Gasteiger partial charge in [-0.25, -0.2) is 4.98 Å². The lowest BCUT2D eigenvalue weighted by Gasteiger charge is -2.02. The highest BCUT2D eigenvalue weighted by molar-refractivity contribution is 7.99. The minimum atomic E-state index is -0.169. The maximum atomic E-state index is 12.2. The van der Waals surface area contributed by atoms with E-state index in [0.717, 1.165) is 22.5 Å². The summed E-state index contributed by atoms with van der Waals surface area (Å²) in [5, 5.41) is 7.16. The van der Waals surface area contributed by atoms with Crippen LogP contribution in [0.2, 0.25) is 0 Å². The molecule has 2 heterocycles. The average Bonchev–Trinajstić information content (AvgIpc) is 3.34. The van der Waals surface area contributed by atoms with Crippen LogP contribution in [0, 0.1) is 6.92 Å². The van der Waals surface area contributed by atoms with Gasteiger partial charge in [0.25, 0.3) is 0 Å². The Bertz CT molecular complexity index is 1020. The minimum Gasteiger partial charge on any atom is -0.360 e. The van der Waals surface area contributed by atoms with Crippen molar-refractivity contribution in [2.45, 2.75) is 12.1 Å². The molecule has 0 aliphatic heterocycles. The highest BCUT2D eigenvalue weighted by Crippen LogP contribution is 2.32. The molecule has 7 heteroatoms. The van der Waals surface area contributed by atoms with Crippen molar-refractivity contribution < 1.29 is 9.32 Å². The number of H-pyrrole nitrogens is 1. The van der Waals surface area contributed by atoms with Gasteiger partial charge in [0.1, 0.15) is 5.76 Å². The summed E-state index contributed by atoms with van der Waals surface area (Å²) >= 11 is 1.34. The Balaban J connectivity index is 1.54.